The standard InChI is InChI=1S/C61H40N2O2/c1-3-54-49(46-15-7-10-18-55(46)62(54)44-13-5-4-6-14-44)33-38(2)40-24-30-60-52(34-40)53-37-43(26-32-61(53)65-60)42-23-29-57-50(35-42)47-16-8-11-19-56(47)63(57)45-27-21-39(22-28-45)41-25-31-59-51(36-41)48-17-9-12-20-58(48)64-59/h3-37H,2H2,1H3/b49-33-,54-3+. The molecule has 0 fully saturated rings. The zero-order chi connectivity index (χ0) is 43.2. The molecule has 0 amide bonds. The third-order valence-electron chi connectivity index (χ3n) is 13.2. The van der Waals surface area contributed by atoms with Crippen molar-refractivity contribution in [2.24, 2.45) is 0 Å². The van der Waals surface area contributed by atoms with E-state index in [2.05, 4.69) is 223 Å². The number of hydrogen-bond acceptors (Lipinski definition) is 2. The highest BCUT2D eigenvalue weighted by Crippen LogP contribution is 2.39. The number of fused-ring (bicyclic) bond motifs is 10. The van der Waals surface area contributed by atoms with Gasteiger partial charge in [-0.1, -0.05) is 122 Å². The lowest BCUT2D eigenvalue weighted by Gasteiger charge is -2.10. The van der Waals surface area contributed by atoms with Crippen molar-refractivity contribution in [3.8, 4) is 33.6 Å². The van der Waals surface area contributed by atoms with Crippen LogP contribution in [0.1, 0.15) is 12.5 Å². The molecule has 0 bridgehead atoms. The normalized spacial score (nSPS) is 12.6. The van der Waals surface area contributed by atoms with Gasteiger partial charge in [0.15, 0.2) is 0 Å². The van der Waals surface area contributed by atoms with E-state index in [4.69, 9.17) is 8.83 Å². The summed E-state index contributed by atoms with van der Waals surface area (Å²) < 4.78 is 17.3. The Labute approximate surface area is 374 Å². The molecule has 13 aromatic rings. The molecule has 4 aromatic heterocycles. The molecule has 0 spiro atoms. The second kappa shape index (κ2) is 14.5. The van der Waals surface area contributed by atoms with Crippen molar-refractivity contribution in [1.29, 1.82) is 0 Å². The molecule has 13 rings (SSSR count). The van der Waals surface area contributed by atoms with E-state index < -0.39 is 0 Å². The third-order valence-corrected chi connectivity index (χ3v) is 13.2. The van der Waals surface area contributed by atoms with Gasteiger partial charge < -0.3 is 18.0 Å². The Morgan fingerprint density at radius 2 is 0.892 bits per heavy atom. The quantitative estimate of drug-likeness (QED) is 0.167. The maximum absolute atomic E-state index is 6.44. The summed E-state index contributed by atoms with van der Waals surface area (Å²) in [6, 6.07) is 71.3. The van der Waals surface area contributed by atoms with E-state index >= 15 is 0 Å². The highest BCUT2D eigenvalue weighted by atomic mass is 16.3. The maximum atomic E-state index is 6.44. The minimum Gasteiger partial charge on any atom is -0.456 e. The molecule has 0 aliphatic rings. The SMILES string of the molecule is C=C(/C=c1\c(=C/C)n(-c2ccccc2)c2ccccc12)c1ccc2oc3ccc(-c4ccc5c(c4)c4ccccc4n5-c4ccc(-c5ccc6oc7ccccc7c6c5)cc4)cc3c2c1. The van der Waals surface area contributed by atoms with Crippen LogP contribution in [0.25, 0.3) is 128 Å². The van der Waals surface area contributed by atoms with Crippen molar-refractivity contribution in [2.45, 2.75) is 6.92 Å². The van der Waals surface area contributed by atoms with Crippen molar-refractivity contribution in [2.75, 3.05) is 0 Å². The number of nitrogens with zero attached hydrogens (tertiary/aromatic N) is 2. The van der Waals surface area contributed by atoms with E-state index in [1.807, 2.05) is 12.1 Å². The van der Waals surface area contributed by atoms with Crippen molar-refractivity contribution < 1.29 is 8.83 Å². The zero-order valence-electron chi connectivity index (χ0n) is 35.6. The third kappa shape index (κ3) is 5.85. The lowest BCUT2D eigenvalue weighted by atomic mass is 9.99. The highest BCUT2D eigenvalue weighted by Gasteiger charge is 2.17. The molecule has 0 aliphatic carbocycles. The fourth-order valence-electron chi connectivity index (χ4n) is 10.1. The Morgan fingerprint density at radius 3 is 1.62 bits per heavy atom. The number of rotatable bonds is 6. The van der Waals surface area contributed by atoms with Crippen LogP contribution >= 0.6 is 0 Å². The average molecular weight is 833 g/mol. The second-order valence-corrected chi connectivity index (χ2v) is 16.9. The van der Waals surface area contributed by atoms with Gasteiger partial charge in [-0.05, 0) is 137 Å². The molecule has 65 heavy (non-hydrogen) atoms. The monoisotopic (exact) mass is 832 g/mol. The van der Waals surface area contributed by atoms with Gasteiger partial charge in [0.1, 0.15) is 22.3 Å². The maximum Gasteiger partial charge on any atom is 0.135 e. The molecule has 4 heterocycles. The second-order valence-electron chi connectivity index (χ2n) is 16.9. The van der Waals surface area contributed by atoms with Crippen LogP contribution in [0.15, 0.2) is 216 Å². The van der Waals surface area contributed by atoms with E-state index in [0.29, 0.717) is 0 Å². The summed E-state index contributed by atoms with van der Waals surface area (Å²) in [7, 11) is 0. The van der Waals surface area contributed by atoms with Gasteiger partial charge in [-0.2, -0.15) is 0 Å². The minimum atomic E-state index is 0.858. The fourth-order valence-corrected chi connectivity index (χ4v) is 10.1. The smallest absolute Gasteiger partial charge is 0.135 e. The van der Waals surface area contributed by atoms with E-state index in [1.54, 1.807) is 0 Å². The largest absolute Gasteiger partial charge is 0.456 e. The predicted octanol–water partition coefficient (Wildman–Crippen LogP) is 15.2. The summed E-state index contributed by atoms with van der Waals surface area (Å²) in [5.74, 6) is 0. The van der Waals surface area contributed by atoms with Gasteiger partial charge in [0.25, 0.3) is 0 Å². The number of benzene rings is 9. The first kappa shape index (κ1) is 37.0. The van der Waals surface area contributed by atoms with Gasteiger partial charge in [0.2, 0.25) is 0 Å². The number of allylic oxidation sites excluding steroid dienone is 1. The molecule has 9 aromatic carbocycles. The van der Waals surface area contributed by atoms with E-state index in [1.165, 1.54) is 32.7 Å². The molecule has 0 N–H and O–H groups in total. The van der Waals surface area contributed by atoms with Crippen LogP contribution in [0.2, 0.25) is 0 Å². The highest BCUT2D eigenvalue weighted by molar-refractivity contribution is 6.12. The first-order chi connectivity index (χ1) is 32.1. The van der Waals surface area contributed by atoms with Gasteiger partial charge in [0, 0.05) is 59.6 Å². The Balaban J connectivity index is 0.869. The Bertz CT molecular complexity index is 4200. The summed E-state index contributed by atoms with van der Waals surface area (Å²) in [6.07, 6.45) is 4.42. The molecular weight excluding hydrogens is 793 g/mol. The van der Waals surface area contributed by atoms with Crippen molar-refractivity contribution >= 4 is 94.3 Å². The van der Waals surface area contributed by atoms with Crippen LogP contribution < -0.4 is 10.6 Å². The van der Waals surface area contributed by atoms with Crippen LogP contribution in [-0.2, 0) is 0 Å². The zero-order valence-corrected chi connectivity index (χ0v) is 35.6. The number of para-hydroxylation sites is 4. The molecule has 4 nitrogen and oxygen atoms in total. The van der Waals surface area contributed by atoms with Crippen LogP contribution in [0.4, 0.5) is 0 Å². The number of hydrogen-bond donors (Lipinski definition) is 0. The van der Waals surface area contributed by atoms with Crippen LogP contribution in [0.3, 0.4) is 0 Å². The van der Waals surface area contributed by atoms with Gasteiger partial charge in [-0.15, -0.1) is 0 Å². The van der Waals surface area contributed by atoms with E-state index in [-0.39, 0.29) is 0 Å². The average Bonchev–Trinajstić information content (AvgIpc) is 4.11. The summed E-state index contributed by atoms with van der Waals surface area (Å²) in [5, 5.41) is 10.3. The molecule has 0 atom stereocenters. The summed E-state index contributed by atoms with van der Waals surface area (Å²) in [6.45, 7) is 6.73. The summed E-state index contributed by atoms with van der Waals surface area (Å²) >= 11 is 0. The van der Waals surface area contributed by atoms with Gasteiger partial charge in [0.05, 0.1) is 16.6 Å². The lowest BCUT2D eigenvalue weighted by molar-refractivity contribution is 0.668. The van der Waals surface area contributed by atoms with Crippen molar-refractivity contribution in [1.82, 2.24) is 9.13 Å². The number of aromatic nitrogens is 2. The molecule has 0 unspecified atom stereocenters. The minimum absolute atomic E-state index is 0.858. The first-order valence-electron chi connectivity index (χ1n) is 22.1. The Morgan fingerprint density at radius 1 is 0.400 bits per heavy atom. The molecule has 306 valence electrons. The van der Waals surface area contributed by atoms with Crippen molar-refractivity contribution in [3.63, 3.8) is 0 Å². The Kier molecular flexibility index (Phi) is 8.24. The van der Waals surface area contributed by atoms with Crippen LogP contribution in [0, 0.1) is 0 Å². The summed E-state index contributed by atoms with van der Waals surface area (Å²) in [5.41, 5.74) is 15.9. The molecule has 4 heteroatoms. The number of furan rings is 2. The lowest BCUT2D eigenvalue weighted by Crippen LogP contribution is -2.28. The fraction of sp³-hybridized carbons (Fsp3) is 0.0164. The molecule has 0 aliphatic heterocycles. The Hall–Kier alpha value is -8.60. The predicted molar refractivity (Wildman–Crippen MR) is 272 cm³/mol. The van der Waals surface area contributed by atoms with E-state index in [9.17, 15) is 0 Å². The molecular formula is C61H40N2O2. The summed E-state index contributed by atoms with van der Waals surface area (Å²) in [4.78, 5) is 0. The van der Waals surface area contributed by atoms with Crippen LogP contribution in [0.5, 0.6) is 0 Å². The first-order valence-corrected chi connectivity index (χ1v) is 22.1. The van der Waals surface area contributed by atoms with Gasteiger partial charge >= 0.3 is 0 Å². The van der Waals surface area contributed by atoms with Gasteiger partial charge in [-0.3, -0.25) is 0 Å². The molecule has 0 radical (unpaired) electrons. The molecule has 0 saturated heterocycles. The van der Waals surface area contributed by atoms with E-state index in [0.717, 1.165) is 99.2 Å². The molecule has 0 saturated carbocycles. The van der Waals surface area contributed by atoms with Gasteiger partial charge in [-0.25, -0.2) is 0 Å². The van der Waals surface area contributed by atoms with Crippen LogP contribution in [-0.4, -0.2) is 9.13 Å². The van der Waals surface area contributed by atoms with Crippen molar-refractivity contribution in [3.05, 3.63) is 223 Å². The topological polar surface area (TPSA) is 36.1 Å².